The number of piperidine rings is 1. The van der Waals surface area contributed by atoms with Gasteiger partial charge in [0.25, 0.3) is 5.91 Å². The number of nitrogens with one attached hydrogen (secondary N) is 1. The smallest absolute Gasteiger partial charge is 0.348 e. The first-order valence-corrected chi connectivity index (χ1v) is 12.8. The van der Waals surface area contributed by atoms with Gasteiger partial charge in [0.2, 0.25) is 10.0 Å². The monoisotopic (exact) mass is 488 g/mol. The molecule has 0 radical (unpaired) electrons. The van der Waals surface area contributed by atoms with Gasteiger partial charge < -0.3 is 14.8 Å². The third-order valence-corrected chi connectivity index (χ3v) is 8.36. The average Bonchev–Trinajstić information content (AvgIpc) is 3.27. The van der Waals surface area contributed by atoms with Crippen molar-refractivity contribution in [2.75, 3.05) is 32.1 Å². The molecule has 1 aliphatic rings. The molecule has 0 unspecified atom stereocenters. The molecule has 0 bridgehead atoms. The van der Waals surface area contributed by atoms with Crippen molar-refractivity contribution in [3.8, 4) is 5.75 Å². The number of hydrogen-bond acceptors (Lipinski definition) is 7. The number of nitrogens with zero attached hydrogens (tertiary/aromatic N) is 1. The normalized spacial score (nSPS) is 14.7. The van der Waals surface area contributed by atoms with Crippen LogP contribution in [-0.2, 0) is 19.6 Å². The SMILES string of the molecule is COc1ccc(NC(=O)COC(=O)c2cc3ccccc3s2)cc1S(=O)(=O)N1CCCCC1. The molecule has 1 fully saturated rings. The number of carbonyl (C=O) groups excluding carboxylic acids is 2. The number of methoxy groups -OCH3 is 1. The van der Waals surface area contributed by atoms with E-state index < -0.39 is 28.5 Å². The second-order valence-corrected chi connectivity index (χ2v) is 10.6. The number of anilines is 1. The molecular weight excluding hydrogens is 464 g/mol. The summed E-state index contributed by atoms with van der Waals surface area (Å²) >= 11 is 1.29. The van der Waals surface area contributed by atoms with E-state index in [0.29, 0.717) is 18.0 Å². The van der Waals surface area contributed by atoms with E-state index in [0.717, 1.165) is 29.3 Å². The van der Waals surface area contributed by atoms with E-state index in [1.165, 1.54) is 34.9 Å². The van der Waals surface area contributed by atoms with Gasteiger partial charge in [0.15, 0.2) is 6.61 Å². The molecule has 174 valence electrons. The number of ether oxygens (including phenoxy) is 2. The standard InChI is InChI=1S/C23H24N2O6S2/c1-30-18-10-9-17(14-21(18)33(28,29)25-11-5-2-6-12-25)24-22(26)15-31-23(27)20-13-16-7-3-4-8-19(16)32-20/h3-4,7-10,13-14H,2,5-6,11-12,15H2,1H3,(H,24,26). The van der Waals surface area contributed by atoms with Crippen molar-refractivity contribution in [2.24, 2.45) is 0 Å². The molecule has 0 saturated carbocycles. The fourth-order valence-corrected chi connectivity index (χ4v) is 6.34. The van der Waals surface area contributed by atoms with Gasteiger partial charge in [-0.1, -0.05) is 24.6 Å². The Morgan fingerprint density at radius 3 is 2.55 bits per heavy atom. The van der Waals surface area contributed by atoms with Gasteiger partial charge in [0.05, 0.1) is 7.11 Å². The Labute approximate surface area is 196 Å². The molecule has 1 saturated heterocycles. The van der Waals surface area contributed by atoms with Gasteiger partial charge in [0, 0.05) is 23.5 Å². The van der Waals surface area contributed by atoms with Gasteiger partial charge >= 0.3 is 5.97 Å². The van der Waals surface area contributed by atoms with Crippen LogP contribution in [0.15, 0.2) is 53.4 Å². The predicted octanol–water partition coefficient (Wildman–Crippen LogP) is 3.88. The van der Waals surface area contributed by atoms with Crippen molar-refractivity contribution in [2.45, 2.75) is 24.2 Å². The molecule has 1 aromatic heterocycles. The number of esters is 1. The molecule has 3 aromatic rings. The number of benzene rings is 2. The van der Waals surface area contributed by atoms with Crippen LogP contribution in [0.3, 0.4) is 0 Å². The Hall–Kier alpha value is -2.95. The number of carbonyl (C=O) groups is 2. The summed E-state index contributed by atoms with van der Waals surface area (Å²) in [4.78, 5) is 25.1. The van der Waals surface area contributed by atoms with Crippen LogP contribution >= 0.6 is 11.3 Å². The molecule has 33 heavy (non-hydrogen) atoms. The van der Waals surface area contributed by atoms with Crippen molar-refractivity contribution >= 4 is 49.0 Å². The fourth-order valence-electron chi connectivity index (χ4n) is 3.68. The fraction of sp³-hybridized carbons (Fsp3) is 0.304. The molecule has 4 rings (SSSR count). The molecule has 0 spiro atoms. The molecule has 0 aliphatic carbocycles. The number of sulfonamides is 1. The largest absolute Gasteiger partial charge is 0.495 e. The molecule has 10 heteroatoms. The van der Waals surface area contributed by atoms with Crippen LogP contribution in [0, 0.1) is 0 Å². The summed E-state index contributed by atoms with van der Waals surface area (Å²) in [5.74, 6) is -0.958. The minimum absolute atomic E-state index is 0.00743. The maximum absolute atomic E-state index is 13.1. The number of thiophene rings is 1. The van der Waals surface area contributed by atoms with E-state index in [-0.39, 0.29) is 16.3 Å². The molecule has 0 atom stereocenters. The summed E-state index contributed by atoms with van der Waals surface area (Å²) in [5.41, 5.74) is 0.272. The predicted molar refractivity (Wildman–Crippen MR) is 126 cm³/mol. The first-order chi connectivity index (χ1) is 15.9. The lowest BCUT2D eigenvalue weighted by atomic mass is 10.2. The maximum atomic E-state index is 13.1. The van der Waals surface area contributed by atoms with Crippen LogP contribution in [0.5, 0.6) is 5.75 Å². The highest BCUT2D eigenvalue weighted by Gasteiger charge is 2.29. The summed E-state index contributed by atoms with van der Waals surface area (Å²) < 4.78 is 39.0. The Bertz CT molecular complexity index is 1250. The molecule has 1 aliphatic heterocycles. The third-order valence-electron chi connectivity index (χ3n) is 5.34. The lowest BCUT2D eigenvalue weighted by Crippen LogP contribution is -2.35. The molecule has 8 nitrogen and oxygen atoms in total. The Morgan fingerprint density at radius 1 is 1.06 bits per heavy atom. The first-order valence-electron chi connectivity index (χ1n) is 10.5. The van der Waals surface area contributed by atoms with Gasteiger partial charge in [-0.15, -0.1) is 11.3 Å². The van der Waals surface area contributed by atoms with Crippen LogP contribution in [0.4, 0.5) is 5.69 Å². The number of rotatable bonds is 7. The zero-order chi connectivity index (χ0) is 23.4. The lowest BCUT2D eigenvalue weighted by molar-refractivity contribution is -0.119. The Balaban J connectivity index is 1.43. The summed E-state index contributed by atoms with van der Waals surface area (Å²) in [6.07, 6.45) is 2.62. The minimum Gasteiger partial charge on any atom is -0.495 e. The van der Waals surface area contributed by atoms with Crippen LogP contribution in [0.2, 0.25) is 0 Å². The van der Waals surface area contributed by atoms with Gasteiger partial charge in [-0.3, -0.25) is 4.79 Å². The maximum Gasteiger partial charge on any atom is 0.348 e. The average molecular weight is 489 g/mol. The van der Waals surface area contributed by atoms with E-state index in [1.54, 1.807) is 12.1 Å². The van der Waals surface area contributed by atoms with Crippen molar-refractivity contribution in [3.63, 3.8) is 0 Å². The van der Waals surface area contributed by atoms with Gasteiger partial charge in [-0.2, -0.15) is 4.31 Å². The van der Waals surface area contributed by atoms with E-state index >= 15 is 0 Å². The third kappa shape index (κ3) is 5.18. The van der Waals surface area contributed by atoms with Crippen LogP contribution in [0.1, 0.15) is 28.9 Å². The van der Waals surface area contributed by atoms with Gasteiger partial charge in [-0.05, 0) is 48.6 Å². The van der Waals surface area contributed by atoms with E-state index in [9.17, 15) is 18.0 Å². The molecule has 2 heterocycles. The molecular formula is C23H24N2O6S2. The minimum atomic E-state index is -3.76. The van der Waals surface area contributed by atoms with Crippen LogP contribution < -0.4 is 10.1 Å². The van der Waals surface area contributed by atoms with Crippen molar-refractivity contribution < 1.29 is 27.5 Å². The summed E-state index contributed by atoms with van der Waals surface area (Å²) in [5, 5.41) is 3.52. The van der Waals surface area contributed by atoms with Crippen LogP contribution in [-0.4, -0.2) is 51.4 Å². The second kappa shape index (κ2) is 9.90. The van der Waals surface area contributed by atoms with Gasteiger partial charge in [0.1, 0.15) is 15.5 Å². The second-order valence-electron chi connectivity index (χ2n) is 7.60. The van der Waals surface area contributed by atoms with E-state index in [2.05, 4.69) is 5.32 Å². The van der Waals surface area contributed by atoms with E-state index in [1.807, 2.05) is 24.3 Å². The highest BCUT2D eigenvalue weighted by atomic mass is 32.2. The Morgan fingerprint density at radius 2 is 1.82 bits per heavy atom. The van der Waals surface area contributed by atoms with Crippen LogP contribution in [0.25, 0.3) is 10.1 Å². The lowest BCUT2D eigenvalue weighted by Gasteiger charge is -2.26. The topological polar surface area (TPSA) is 102 Å². The number of hydrogen-bond donors (Lipinski definition) is 1. The Kier molecular flexibility index (Phi) is 6.96. The highest BCUT2D eigenvalue weighted by molar-refractivity contribution is 7.89. The van der Waals surface area contributed by atoms with Crippen molar-refractivity contribution in [1.29, 1.82) is 0 Å². The van der Waals surface area contributed by atoms with Crippen molar-refractivity contribution in [3.05, 3.63) is 53.4 Å². The highest BCUT2D eigenvalue weighted by Crippen LogP contribution is 2.31. The number of fused-ring (bicyclic) bond motifs is 1. The van der Waals surface area contributed by atoms with Crippen molar-refractivity contribution in [1.82, 2.24) is 4.31 Å². The molecule has 1 amide bonds. The van der Waals surface area contributed by atoms with Gasteiger partial charge in [-0.25, -0.2) is 13.2 Å². The quantitative estimate of drug-likeness (QED) is 0.507. The zero-order valence-electron chi connectivity index (χ0n) is 18.1. The zero-order valence-corrected chi connectivity index (χ0v) is 19.7. The first kappa shape index (κ1) is 23.2. The number of amides is 1. The summed E-state index contributed by atoms with van der Waals surface area (Å²) in [7, 11) is -2.37. The molecule has 1 N–H and O–H groups in total. The summed E-state index contributed by atoms with van der Waals surface area (Å²) in [6, 6.07) is 13.7. The summed E-state index contributed by atoms with van der Waals surface area (Å²) in [6.45, 7) is 0.416. The van der Waals surface area contributed by atoms with E-state index in [4.69, 9.17) is 9.47 Å². The molecule has 2 aromatic carbocycles.